The summed E-state index contributed by atoms with van der Waals surface area (Å²) in [5, 5.41) is 0. The Hall–Kier alpha value is -3.90. The second kappa shape index (κ2) is 7.30. The highest BCUT2D eigenvalue weighted by Gasteiger charge is 2.47. The summed E-state index contributed by atoms with van der Waals surface area (Å²) in [7, 11) is 0. The minimum absolute atomic E-state index is 0.339. The molecule has 35 heavy (non-hydrogen) atoms. The molecule has 7 rings (SSSR count). The SMILES string of the molecule is Cc1ccc(C2(c3ccccc3)c3cc(C)ccc3-c3cc4c(cc32)-c2ccc(C)cc2C4)cc1. The van der Waals surface area contributed by atoms with Crippen molar-refractivity contribution in [2.24, 2.45) is 0 Å². The largest absolute Gasteiger partial charge is 0.0713 e. The predicted molar refractivity (Wildman–Crippen MR) is 146 cm³/mol. The molecule has 0 spiro atoms. The summed E-state index contributed by atoms with van der Waals surface area (Å²) in [5.41, 5.74) is 17.5. The zero-order valence-corrected chi connectivity index (χ0v) is 20.5. The molecule has 0 heteroatoms. The highest BCUT2D eigenvalue weighted by molar-refractivity contribution is 5.91. The van der Waals surface area contributed by atoms with Crippen LogP contribution in [0, 0.1) is 20.8 Å². The normalized spacial score (nSPS) is 17.0. The minimum atomic E-state index is -0.339. The van der Waals surface area contributed by atoms with Crippen LogP contribution in [0.3, 0.4) is 0 Å². The first-order chi connectivity index (χ1) is 17.1. The van der Waals surface area contributed by atoms with Crippen LogP contribution in [0.15, 0.2) is 103 Å². The Labute approximate surface area is 207 Å². The van der Waals surface area contributed by atoms with E-state index < -0.39 is 0 Å². The summed E-state index contributed by atoms with van der Waals surface area (Å²) in [4.78, 5) is 0. The Balaban J connectivity index is 1.62. The van der Waals surface area contributed by atoms with E-state index in [0.717, 1.165) is 6.42 Å². The van der Waals surface area contributed by atoms with Gasteiger partial charge in [0.05, 0.1) is 5.41 Å². The smallest absolute Gasteiger partial charge is 0.0622 e. The van der Waals surface area contributed by atoms with Crippen molar-refractivity contribution in [2.75, 3.05) is 0 Å². The van der Waals surface area contributed by atoms with E-state index >= 15 is 0 Å². The zero-order chi connectivity index (χ0) is 23.7. The highest BCUT2D eigenvalue weighted by atomic mass is 14.5. The van der Waals surface area contributed by atoms with Crippen molar-refractivity contribution < 1.29 is 0 Å². The van der Waals surface area contributed by atoms with Crippen molar-refractivity contribution in [3.05, 3.63) is 153 Å². The predicted octanol–water partition coefficient (Wildman–Crippen LogP) is 8.55. The Morgan fingerprint density at radius 3 is 1.83 bits per heavy atom. The molecule has 0 amide bonds. The topological polar surface area (TPSA) is 0 Å². The maximum absolute atomic E-state index is 2.52. The fourth-order valence-corrected chi connectivity index (χ4v) is 6.54. The number of benzene rings is 5. The lowest BCUT2D eigenvalue weighted by molar-refractivity contribution is 0.767. The van der Waals surface area contributed by atoms with Gasteiger partial charge in [-0.2, -0.15) is 0 Å². The fraction of sp³-hybridized carbons (Fsp3) is 0.143. The van der Waals surface area contributed by atoms with Gasteiger partial charge in [-0.15, -0.1) is 0 Å². The Morgan fingerprint density at radius 1 is 0.457 bits per heavy atom. The van der Waals surface area contributed by atoms with E-state index in [2.05, 4.69) is 124 Å². The van der Waals surface area contributed by atoms with Crippen molar-refractivity contribution in [3.8, 4) is 22.3 Å². The second-order valence-electron chi connectivity index (χ2n) is 10.4. The molecule has 5 aromatic carbocycles. The molecule has 0 nitrogen and oxygen atoms in total. The van der Waals surface area contributed by atoms with Crippen LogP contribution in [0.2, 0.25) is 0 Å². The number of aryl methyl sites for hydroxylation is 3. The van der Waals surface area contributed by atoms with Crippen LogP contribution in [0.5, 0.6) is 0 Å². The van der Waals surface area contributed by atoms with Crippen LogP contribution < -0.4 is 0 Å². The third-order valence-electron chi connectivity index (χ3n) is 8.14. The monoisotopic (exact) mass is 448 g/mol. The van der Waals surface area contributed by atoms with Crippen molar-refractivity contribution in [1.82, 2.24) is 0 Å². The molecule has 0 heterocycles. The molecule has 0 bridgehead atoms. The lowest BCUT2D eigenvalue weighted by Crippen LogP contribution is -2.28. The van der Waals surface area contributed by atoms with E-state index in [0.29, 0.717) is 0 Å². The molecule has 0 saturated carbocycles. The van der Waals surface area contributed by atoms with Crippen molar-refractivity contribution >= 4 is 0 Å². The first-order valence-corrected chi connectivity index (χ1v) is 12.6. The summed E-state index contributed by atoms with van der Waals surface area (Å²) in [5.74, 6) is 0. The second-order valence-corrected chi connectivity index (χ2v) is 10.4. The minimum Gasteiger partial charge on any atom is -0.0622 e. The summed E-state index contributed by atoms with van der Waals surface area (Å²) in [6.45, 7) is 6.58. The Bertz CT molecular complexity index is 1620. The quantitative estimate of drug-likeness (QED) is 0.248. The number of hydrogen-bond donors (Lipinski definition) is 0. The van der Waals surface area contributed by atoms with Gasteiger partial charge in [0, 0.05) is 0 Å². The van der Waals surface area contributed by atoms with Gasteiger partial charge >= 0.3 is 0 Å². The Kier molecular flexibility index (Phi) is 4.27. The van der Waals surface area contributed by atoms with Gasteiger partial charge in [0.15, 0.2) is 0 Å². The summed E-state index contributed by atoms with van der Waals surface area (Å²) >= 11 is 0. The molecular weight excluding hydrogens is 420 g/mol. The molecule has 0 radical (unpaired) electrons. The maximum atomic E-state index is 2.52. The van der Waals surface area contributed by atoms with Gasteiger partial charge in [-0.25, -0.2) is 0 Å². The fourth-order valence-electron chi connectivity index (χ4n) is 6.54. The molecule has 0 fully saturated rings. The number of hydrogen-bond acceptors (Lipinski definition) is 0. The maximum Gasteiger partial charge on any atom is 0.0713 e. The highest BCUT2D eigenvalue weighted by Crippen LogP contribution is 2.58. The van der Waals surface area contributed by atoms with E-state index in [9.17, 15) is 0 Å². The lowest BCUT2D eigenvalue weighted by Gasteiger charge is -2.34. The average Bonchev–Trinajstić information content (AvgIpc) is 3.35. The van der Waals surface area contributed by atoms with Gasteiger partial charge in [-0.05, 0) is 95.0 Å². The van der Waals surface area contributed by atoms with Crippen LogP contribution in [-0.2, 0) is 11.8 Å². The molecule has 1 unspecified atom stereocenters. The van der Waals surface area contributed by atoms with E-state index in [1.807, 2.05) is 0 Å². The van der Waals surface area contributed by atoms with Crippen LogP contribution >= 0.6 is 0 Å². The van der Waals surface area contributed by atoms with E-state index in [-0.39, 0.29) is 5.41 Å². The van der Waals surface area contributed by atoms with Gasteiger partial charge in [0.25, 0.3) is 0 Å². The van der Waals surface area contributed by atoms with E-state index in [1.54, 1.807) is 0 Å². The standard InChI is InChI=1S/C35H28/c1-22-9-13-28(14-10-22)35(27-7-5-4-6-8-27)33-18-24(3)12-16-30(33)32-20-26-19-25-17-23(2)11-15-29(25)31(26)21-34(32)35/h4-18,20-21H,19H2,1-3H3. The molecule has 1 atom stereocenters. The van der Waals surface area contributed by atoms with Gasteiger partial charge < -0.3 is 0 Å². The Morgan fingerprint density at radius 2 is 1.06 bits per heavy atom. The first-order valence-electron chi connectivity index (χ1n) is 12.6. The molecule has 5 aromatic rings. The third-order valence-corrected chi connectivity index (χ3v) is 8.14. The van der Waals surface area contributed by atoms with Crippen molar-refractivity contribution in [3.63, 3.8) is 0 Å². The molecule has 2 aliphatic rings. The van der Waals surface area contributed by atoms with E-state index in [4.69, 9.17) is 0 Å². The van der Waals surface area contributed by atoms with Crippen LogP contribution in [0.4, 0.5) is 0 Å². The molecule has 0 aliphatic heterocycles. The summed E-state index contributed by atoms with van der Waals surface area (Å²) in [6.07, 6.45) is 1.02. The number of fused-ring (bicyclic) bond motifs is 6. The van der Waals surface area contributed by atoms with Crippen molar-refractivity contribution in [2.45, 2.75) is 32.6 Å². The first kappa shape index (κ1) is 20.5. The van der Waals surface area contributed by atoms with Gasteiger partial charge in [-0.3, -0.25) is 0 Å². The molecule has 168 valence electrons. The number of rotatable bonds is 2. The van der Waals surface area contributed by atoms with Gasteiger partial charge in [0.2, 0.25) is 0 Å². The zero-order valence-electron chi connectivity index (χ0n) is 20.5. The summed E-state index contributed by atoms with van der Waals surface area (Å²) in [6, 6.07) is 39.3. The molecule has 0 N–H and O–H groups in total. The van der Waals surface area contributed by atoms with Crippen LogP contribution in [0.25, 0.3) is 22.3 Å². The average molecular weight is 449 g/mol. The van der Waals surface area contributed by atoms with Crippen molar-refractivity contribution in [1.29, 1.82) is 0 Å². The van der Waals surface area contributed by atoms with Gasteiger partial charge in [-0.1, -0.05) is 108 Å². The molecule has 2 aliphatic carbocycles. The lowest BCUT2D eigenvalue weighted by atomic mass is 9.67. The third kappa shape index (κ3) is 2.80. The molecule has 0 aromatic heterocycles. The molecular formula is C35H28. The van der Waals surface area contributed by atoms with Crippen LogP contribution in [-0.4, -0.2) is 0 Å². The van der Waals surface area contributed by atoms with Gasteiger partial charge in [0.1, 0.15) is 0 Å². The van der Waals surface area contributed by atoms with E-state index in [1.165, 1.54) is 72.3 Å². The van der Waals surface area contributed by atoms with Crippen LogP contribution in [0.1, 0.15) is 50.1 Å². The summed E-state index contributed by atoms with van der Waals surface area (Å²) < 4.78 is 0. The molecule has 0 saturated heterocycles.